The molecule has 136 valence electrons. The molecule has 3 aliphatic rings. The van der Waals surface area contributed by atoms with Crippen LogP contribution in [0.25, 0.3) is 0 Å². The molecule has 0 aliphatic carbocycles. The van der Waals surface area contributed by atoms with Gasteiger partial charge in [0.1, 0.15) is 0 Å². The zero-order valence-electron chi connectivity index (χ0n) is 15.1. The van der Waals surface area contributed by atoms with Gasteiger partial charge in [0.05, 0.1) is 12.6 Å². The Bertz CT molecular complexity index is 436. The lowest BCUT2D eigenvalue weighted by molar-refractivity contribution is -0.137. The van der Waals surface area contributed by atoms with Crippen LogP contribution in [0.1, 0.15) is 39.0 Å². The molecule has 3 fully saturated rings. The molecule has 0 N–H and O–H groups in total. The van der Waals surface area contributed by atoms with Gasteiger partial charge in [-0.3, -0.25) is 19.4 Å². The molecule has 1 unspecified atom stereocenters. The van der Waals surface area contributed by atoms with E-state index in [1.54, 1.807) is 0 Å². The molecule has 3 heterocycles. The average molecular weight is 336 g/mol. The van der Waals surface area contributed by atoms with Gasteiger partial charge in [0.25, 0.3) is 0 Å². The van der Waals surface area contributed by atoms with Crippen molar-refractivity contribution in [2.75, 3.05) is 58.9 Å². The zero-order chi connectivity index (χ0) is 16.9. The minimum absolute atomic E-state index is 0.0250. The van der Waals surface area contributed by atoms with E-state index >= 15 is 0 Å². The molecule has 3 rings (SSSR count). The predicted molar refractivity (Wildman–Crippen MR) is 93.7 cm³/mol. The number of piperidine rings is 1. The van der Waals surface area contributed by atoms with Crippen molar-refractivity contribution >= 4 is 11.8 Å². The van der Waals surface area contributed by atoms with E-state index in [2.05, 4.69) is 9.80 Å². The van der Waals surface area contributed by atoms with Gasteiger partial charge in [-0.1, -0.05) is 0 Å². The lowest BCUT2D eigenvalue weighted by Crippen LogP contribution is -2.55. The van der Waals surface area contributed by atoms with Gasteiger partial charge in [-0.2, -0.15) is 0 Å². The summed E-state index contributed by atoms with van der Waals surface area (Å²) in [6, 6.07) is -0.0250. The van der Waals surface area contributed by atoms with Gasteiger partial charge in [-0.05, 0) is 39.0 Å². The van der Waals surface area contributed by atoms with E-state index in [1.165, 1.54) is 6.42 Å². The van der Waals surface area contributed by atoms with Gasteiger partial charge in [0, 0.05) is 52.4 Å². The van der Waals surface area contributed by atoms with Crippen LogP contribution < -0.4 is 0 Å². The minimum atomic E-state index is -0.0250. The number of carbonyl (C=O) groups is 2. The molecule has 2 amide bonds. The molecule has 0 spiro atoms. The molecule has 0 saturated carbocycles. The summed E-state index contributed by atoms with van der Waals surface area (Å²) in [5.41, 5.74) is 0. The quantitative estimate of drug-likeness (QED) is 0.755. The van der Waals surface area contributed by atoms with E-state index in [4.69, 9.17) is 0 Å². The molecule has 0 aromatic heterocycles. The first-order valence-electron chi connectivity index (χ1n) is 9.68. The van der Waals surface area contributed by atoms with E-state index in [0.717, 1.165) is 78.0 Å². The number of hydrogen-bond donors (Lipinski definition) is 0. The maximum absolute atomic E-state index is 12.5. The first-order valence-corrected chi connectivity index (χ1v) is 9.68. The van der Waals surface area contributed by atoms with Crippen LogP contribution in [0, 0.1) is 0 Å². The molecule has 0 aromatic carbocycles. The molecule has 0 bridgehead atoms. The Balaban J connectivity index is 1.41. The van der Waals surface area contributed by atoms with Gasteiger partial charge in [0.15, 0.2) is 0 Å². The van der Waals surface area contributed by atoms with Gasteiger partial charge < -0.3 is 9.80 Å². The van der Waals surface area contributed by atoms with Gasteiger partial charge in [-0.25, -0.2) is 0 Å². The number of likely N-dealkylation sites (tertiary alicyclic amines) is 2. The Morgan fingerprint density at radius 1 is 0.750 bits per heavy atom. The van der Waals surface area contributed by atoms with Crippen LogP contribution in [0.5, 0.6) is 0 Å². The summed E-state index contributed by atoms with van der Waals surface area (Å²) >= 11 is 0. The Kier molecular flexibility index (Phi) is 6.11. The van der Waals surface area contributed by atoms with E-state index in [9.17, 15) is 9.59 Å². The molecule has 1 atom stereocenters. The van der Waals surface area contributed by atoms with Crippen molar-refractivity contribution in [3.05, 3.63) is 0 Å². The smallest absolute Gasteiger partial charge is 0.239 e. The summed E-state index contributed by atoms with van der Waals surface area (Å²) in [5, 5.41) is 0. The summed E-state index contributed by atoms with van der Waals surface area (Å²) in [6.07, 6.45) is 5.84. The Morgan fingerprint density at radius 3 is 1.92 bits per heavy atom. The number of piperazine rings is 1. The predicted octanol–water partition coefficient (Wildman–Crippen LogP) is 0.627. The highest BCUT2D eigenvalue weighted by atomic mass is 16.2. The summed E-state index contributed by atoms with van der Waals surface area (Å²) < 4.78 is 0. The average Bonchev–Trinajstić information content (AvgIpc) is 3.16. The van der Waals surface area contributed by atoms with Gasteiger partial charge >= 0.3 is 0 Å². The fourth-order valence-corrected chi connectivity index (χ4v) is 4.10. The van der Waals surface area contributed by atoms with Crippen LogP contribution in [0.15, 0.2) is 0 Å². The Morgan fingerprint density at radius 2 is 1.29 bits per heavy atom. The number of rotatable bonds is 4. The Hall–Kier alpha value is -1.14. The van der Waals surface area contributed by atoms with Crippen molar-refractivity contribution in [2.24, 2.45) is 0 Å². The summed E-state index contributed by atoms with van der Waals surface area (Å²) in [4.78, 5) is 33.5. The molecule has 0 aromatic rings. The van der Waals surface area contributed by atoms with E-state index in [1.807, 2.05) is 16.7 Å². The summed E-state index contributed by atoms with van der Waals surface area (Å²) in [7, 11) is 0. The van der Waals surface area contributed by atoms with E-state index in [-0.39, 0.29) is 17.9 Å². The second kappa shape index (κ2) is 8.30. The number of amides is 2. The first-order chi connectivity index (χ1) is 11.6. The largest absolute Gasteiger partial charge is 0.342 e. The zero-order valence-corrected chi connectivity index (χ0v) is 15.1. The third-order valence-corrected chi connectivity index (χ3v) is 5.80. The highest BCUT2D eigenvalue weighted by molar-refractivity contribution is 5.81. The first kappa shape index (κ1) is 17.7. The van der Waals surface area contributed by atoms with E-state index < -0.39 is 0 Å². The normalized spacial score (nSPS) is 25.0. The third kappa shape index (κ3) is 4.28. The molecule has 3 aliphatic heterocycles. The van der Waals surface area contributed by atoms with Crippen molar-refractivity contribution in [3.8, 4) is 0 Å². The fraction of sp³-hybridized carbons (Fsp3) is 0.889. The second-order valence-electron chi connectivity index (χ2n) is 7.46. The lowest BCUT2D eigenvalue weighted by atomic mass is 10.1. The molecule has 0 radical (unpaired) electrons. The van der Waals surface area contributed by atoms with Crippen LogP contribution in [0.4, 0.5) is 0 Å². The molecule has 6 heteroatoms. The van der Waals surface area contributed by atoms with Crippen LogP contribution in [0.2, 0.25) is 0 Å². The Labute approximate surface area is 145 Å². The molecular weight excluding hydrogens is 304 g/mol. The molecule has 24 heavy (non-hydrogen) atoms. The SMILES string of the molecule is CC(C(=O)N1CCCC1)N1CCN(CC(=O)N2CCCCC2)CC1. The summed E-state index contributed by atoms with van der Waals surface area (Å²) in [5.74, 6) is 0.565. The van der Waals surface area contributed by atoms with Crippen LogP contribution >= 0.6 is 0 Å². The van der Waals surface area contributed by atoms with Crippen molar-refractivity contribution in [2.45, 2.75) is 45.1 Å². The number of carbonyl (C=O) groups excluding carboxylic acids is 2. The van der Waals surface area contributed by atoms with Crippen LogP contribution in [-0.4, -0.2) is 96.4 Å². The topological polar surface area (TPSA) is 47.1 Å². The van der Waals surface area contributed by atoms with Crippen molar-refractivity contribution in [1.82, 2.24) is 19.6 Å². The highest BCUT2D eigenvalue weighted by Crippen LogP contribution is 2.14. The molecule has 6 nitrogen and oxygen atoms in total. The van der Waals surface area contributed by atoms with Crippen molar-refractivity contribution in [3.63, 3.8) is 0 Å². The third-order valence-electron chi connectivity index (χ3n) is 5.80. The monoisotopic (exact) mass is 336 g/mol. The standard InChI is InChI=1S/C18H32N4O2/c1-16(18(24)22-9-5-6-10-22)20-13-11-19(12-14-20)15-17(23)21-7-3-2-4-8-21/h16H,2-15H2,1H3. The highest BCUT2D eigenvalue weighted by Gasteiger charge is 2.30. The molecule has 3 saturated heterocycles. The van der Waals surface area contributed by atoms with Crippen molar-refractivity contribution in [1.29, 1.82) is 0 Å². The van der Waals surface area contributed by atoms with Crippen LogP contribution in [0.3, 0.4) is 0 Å². The second-order valence-corrected chi connectivity index (χ2v) is 7.46. The maximum atomic E-state index is 12.5. The minimum Gasteiger partial charge on any atom is -0.342 e. The number of nitrogens with zero attached hydrogens (tertiary/aromatic N) is 4. The maximum Gasteiger partial charge on any atom is 0.239 e. The summed E-state index contributed by atoms with van der Waals surface area (Å²) in [6.45, 7) is 9.83. The van der Waals surface area contributed by atoms with E-state index in [0.29, 0.717) is 6.54 Å². The lowest BCUT2D eigenvalue weighted by Gasteiger charge is -2.39. The van der Waals surface area contributed by atoms with Crippen molar-refractivity contribution < 1.29 is 9.59 Å². The fourth-order valence-electron chi connectivity index (χ4n) is 4.10. The van der Waals surface area contributed by atoms with Gasteiger partial charge in [-0.15, -0.1) is 0 Å². The molecular formula is C18H32N4O2. The van der Waals surface area contributed by atoms with Crippen LogP contribution in [-0.2, 0) is 9.59 Å². The number of hydrogen-bond acceptors (Lipinski definition) is 4. The van der Waals surface area contributed by atoms with Gasteiger partial charge in [0.2, 0.25) is 11.8 Å².